The van der Waals surface area contributed by atoms with E-state index in [1.54, 1.807) is 19.1 Å². The van der Waals surface area contributed by atoms with Gasteiger partial charge < -0.3 is 9.67 Å². The molecular weight excluding hydrogens is 568 g/mol. The van der Waals surface area contributed by atoms with Crippen LogP contribution in [0.3, 0.4) is 0 Å². The Morgan fingerprint density at radius 1 is 1.02 bits per heavy atom. The van der Waals surface area contributed by atoms with Gasteiger partial charge in [-0.1, -0.05) is 42.8 Å². The second kappa shape index (κ2) is 10.6. The summed E-state index contributed by atoms with van der Waals surface area (Å²) in [6.07, 6.45) is -2.06. The summed E-state index contributed by atoms with van der Waals surface area (Å²) >= 11 is 6.64. The predicted octanol–water partition coefficient (Wildman–Crippen LogP) is 7.13. The molecule has 4 rings (SSSR count). The van der Waals surface area contributed by atoms with Crippen LogP contribution in [0.5, 0.6) is 0 Å². The molecule has 5 nitrogen and oxygen atoms in total. The molecule has 0 saturated heterocycles. The molecule has 0 radical (unpaired) electrons. The fourth-order valence-corrected chi connectivity index (χ4v) is 5.80. The van der Waals surface area contributed by atoms with E-state index in [0.29, 0.717) is 16.8 Å². The van der Waals surface area contributed by atoms with Gasteiger partial charge in [0.05, 0.1) is 26.9 Å². The first-order chi connectivity index (χ1) is 18.5. The molecule has 1 N–H and O–H groups in total. The molecule has 0 amide bonds. The van der Waals surface area contributed by atoms with Crippen molar-refractivity contribution in [2.24, 2.45) is 0 Å². The fourth-order valence-electron chi connectivity index (χ4n) is 4.50. The van der Waals surface area contributed by atoms with Gasteiger partial charge in [0.1, 0.15) is 17.2 Å². The molecule has 0 atom stereocenters. The Balaban J connectivity index is 1.84. The van der Waals surface area contributed by atoms with Crippen LogP contribution in [-0.4, -0.2) is 29.3 Å². The van der Waals surface area contributed by atoms with Gasteiger partial charge in [0.25, 0.3) is 0 Å². The zero-order valence-corrected chi connectivity index (χ0v) is 23.7. The van der Waals surface area contributed by atoms with Gasteiger partial charge in [0, 0.05) is 24.4 Å². The molecule has 3 aromatic carbocycles. The van der Waals surface area contributed by atoms with E-state index in [4.69, 9.17) is 11.6 Å². The standard InChI is InChI=1S/C29H27ClF4N2O3S/c1-5-20-23(31)13-19(14-25(20)40(4,38)39)17-10-11-24(22(30)12-17)36-16-26(28(2,3)37)35-27(36)15-18-8-6-7-9-21(18)29(32,33)34/h6-14,16,37H,5,15H2,1-4H3. The summed E-state index contributed by atoms with van der Waals surface area (Å²) in [5.41, 5.74) is -0.778. The van der Waals surface area contributed by atoms with Gasteiger partial charge in [0.2, 0.25) is 0 Å². The molecular formula is C29H27ClF4N2O3S. The van der Waals surface area contributed by atoms with Gasteiger partial charge in [0.15, 0.2) is 9.84 Å². The summed E-state index contributed by atoms with van der Waals surface area (Å²) in [7, 11) is -3.71. The summed E-state index contributed by atoms with van der Waals surface area (Å²) in [5.74, 6) is -0.447. The number of sulfone groups is 1. The quantitative estimate of drug-likeness (QED) is 0.231. The number of benzene rings is 3. The monoisotopic (exact) mass is 594 g/mol. The normalized spacial score (nSPS) is 12.7. The third-order valence-electron chi connectivity index (χ3n) is 6.53. The third-order valence-corrected chi connectivity index (χ3v) is 7.99. The van der Waals surface area contributed by atoms with E-state index in [1.807, 2.05) is 0 Å². The van der Waals surface area contributed by atoms with Gasteiger partial charge in [-0.2, -0.15) is 13.2 Å². The number of halogens is 5. The van der Waals surface area contributed by atoms with Crippen molar-refractivity contribution in [2.45, 2.75) is 50.3 Å². The highest BCUT2D eigenvalue weighted by molar-refractivity contribution is 7.90. The van der Waals surface area contributed by atoms with E-state index in [-0.39, 0.29) is 45.4 Å². The van der Waals surface area contributed by atoms with E-state index in [0.717, 1.165) is 12.3 Å². The lowest BCUT2D eigenvalue weighted by molar-refractivity contribution is -0.138. The highest BCUT2D eigenvalue weighted by Crippen LogP contribution is 2.36. The number of aliphatic hydroxyl groups is 1. The number of hydrogen-bond acceptors (Lipinski definition) is 4. The Bertz CT molecular complexity index is 1690. The minimum atomic E-state index is -4.57. The number of alkyl halides is 3. The maximum atomic E-state index is 14.8. The van der Waals surface area contributed by atoms with Crippen LogP contribution in [0.25, 0.3) is 16.8 Å². The van der Waals surface area contributed by atoms with Crippen LogP contribution >= 0.6 is 11.6 Å². The van der Waals surface area contributed by atoms with Crippen molar-refractivity contribution in [1.29, 1.82) is 0 Å². The van der Waals surface area contributed by atoms with Crippen LogP contribution in [0.4, 0.5) is 17.6 Å². The lowest BCUT2D eigenvalue weighted by Gasteiger charge is -2.15. The molecule has 40 heavy (non-hydrogen) atoms. The first-order valence-electron chi connectivity index (χ1n) is 12.3. The fraction of sp³-hybridized carbons (Fsp3) is 0.276. The predicted molar refractivity (Wildman–Crippen MR) is 146 cm³/mol. The average Bonchev–Trinajstić information content (AvgIpc) is 3.26. The second-order valence-corrected chi connectivity index (χ2v) is 12.4. The Hall–Kier alpha value is -3.21. The van der Waals surface area contributed by atoms with E-state index in [9.17, 15) is 31.1 Å². The largest absolute Gasteiger partial charge is 0.416 e. The number of nitrogens with zero attached hydrogens (tertiary/aromatic N) is 2. The van der Waals surface area contributed by atoms with Gasteiger partial charge >= 0.3 is 6.18 Å². The Morgan fingerprint density at radius 3 is 2.27 bits per heavy atom. The van der Waals surface area contributed by atoms with E-state index in [1.165, 1.54) is 61.0 Å². The van der Waals surface area contributed by atoms with Gasteiger partial charge in [-0.3, -0.25) is 0 Å². The lowest BCUT2D eigenvalue weighted by atomic mass is 10.0. The Labute approximate surface area is 235 Å². The van der Waals surface area contributed by atoms with Crippen molar-refractivity contribution >= 4 is 21.4 Å². The summed E-state index contributed by atoms with van der Waals surface area (Å²) in [6.45, 7) is 4.67. The smallest absolute Gasteiger partial charge is 0.384 e. The molecule has 0 fully saturated rings. The zero-order valence-electron chi connectivity index (χ0n) is 22.1. The molecule has 0 bridgehead atoms. The van der Waals surface area contributed by atoms with Crippen LogP contribution < -0.4 is 0 Å². The molecule has 0 aliphatic rings. The molecule has 4 aromatic rings. The molecule has 0 aliphatic heterocycles. The first-order valence-corrected chi connectivity index (χ1v) is 14.6. The summed E-state index contributed by atoms with van der Waals surface area (Å²) in [6, 6.07) is 12.5. The van der Waals surface area contributed by atoms with Gasteiger partial charge in [-0.15, -0.1) is 0 Å². The SMILES string of the molecule is CCc1c(F)cc(-c2ccc(-n3cc(C(C)(C)O)nc3Cc3ccccc3C(F)(F)F)c(Cl)c2)cc1S(C)(=O)=O. The highest BCUT2D eigenvalue weighted by Gasteiger charge is 2.33. The van der Waals surface area contributed by atoms with E-state index >= 15 is 0 Å². The second-order valence-electron chi connectivity index (χ2n) is 10.0. The first kappa shape index (κ1) is 29.8. The minimum absolute atomic E-state index is 0.00307. The molecule has 0 aliphatic carbocycles. The van der Waals surface area contributed by atoms with Crippen molar-refractivity contribution in [2.75, 3.05) is 6.26 Å². The van der Waals surface area contributed by atoms with Crippen LogP contribution in [-0.2, 0) is 34.5 Å². The molecule has 1 aromatic heterocycles. The van der Waals surface area contributed by atoms with E-state index in [2.05, 4.69) is 4.98 Å². The number of imidazole rings is 1. The van der Waals surface area contributed by atoms with Crippen molar-refractivity contribution < 1.29 is 31.1 Å². The van der Waals surface area contributed by atoms with Crippen LogP contribution in [0.15, 0.2) is 65.7 Å². The Morgan fingerprint density at radius 2 is 1.70 bits per heavy atom. The maximum Gasteiger partial charge on any atom is 0.416 e. The third kappa shape index (κ3) is 6.09. The van der Waals surface area contributed by atoms with Crippen LogP contribution in [0, 0.1) is 5.82 Å². The summed E-state index contributed by atoms with van der Waals surface area (Å²) in [5, 5.41) is 10.7. The summed E-state index contributed by atoms with van der Waals surface area (Å²) < 4.78 is 82.0. The highest BCUT2D eigenvalue weighted by atomic mass is 35.5. The van der Waals surface area contributed by atoms with Crippen molar-refractivity contribution in [1.82, 2.24) is 9.55 Å². The molecule has 1 heterocycles. The minimum Gasteiger partial charge on any atom is -0.384 e. The number of aromatic nitrogens is 2. The average molecular weight is 595 g/mol. The molecule has 0 saturated carbocycles. The molecule has 0 unspecified atom stereocenters. The van der Waals surface area contributed by atoms with Crippen LogP contribution in [0.1, 0.15) is 49.0 Å². The molecule has 11 heteroatoms. The topological polar surface area (TPSA) is 72.2 Å². The molecule has 0 spiro atoms. The van der Waals surface area contributed by atoms with Gasteiger partial charge in [-0.05, 0) is 67.3 Å². The summed E-state index contributed by atoms with van der Waals surface area (Å²) in [4.78, 5) is 4.33. The van der Waals surface area contributed by atoms with E-state index < -0.39 is 33.0 Å². The zero-order chi connectivity index (χ0) is 29.6. The van der Waals surface area contributed by atoms with Gasteiger partial charge in [-0.25, -0.2) is 17.8 Å². The number of rotatable bonds is 7. The van der Waals surface area contributed by atoms with Crippen molar-refractivity contribution in [3.8, 4) is 16.8 Å². The Kier molecular flexibility index (Phi) is 7.92. The van der Waals surface area contributed by atoms with Crippen LogP contribution in [0.2, 0.25) is 5.02 Å². The van der Waals surface area contributed by atoms with Crippen molar-refractivity contribution in [3.05, 3.63) is 99.8 Å². The maximum absolute atomic E-state index is 14.8. The molecule has 212 valence electrons. The van der Waals surface area contributed by atoms with Crippen molar-refractivity contribution in [3.63, 3.8) is 0 Å². The lowest BCUT2D eigenvalue weighted by Crippen LogP contribution is -2.16. The number of hydrogen-bond donors (Lipinski definition) is 1.